The maximum absolute atomic E-state index is 12.3. The monoisotopic (exact) mass is 443 g/mol. The zero-order chi connectivity index (χ0) is 22.8. The summed E-state index contributed by atoms with van der Waals surface area (Å²) < 4.78 is 29.4. The molecule has 0 spiro atoms. The van der Waals surface area contributed by atoms with Gasteiger partial charge in [0, 0.05) is 17.6 Å². The smallest absolute Gasteiger partial charge is 0.340 e. The van der Waals surface area contributed by atoms with E-state index in [4.69, 9.17) is 9.88 Å². The van der Waals surface area contributed by atoms with E-state index in [0.29, 0.717) is 11.5 Å². The Morgan fingerprint density at radius 3 is 2.32 bits per heavy atom. The normalized spacial score (nSPS) is 12.3. The Morgan fingerprint density at radius 1 is 1.13 bits per heavy atom. The van der Waals surface area contributed by atoms with Crippen LogP contribution in [0.15, 0.2) is 53.6 Å². The first-order chi connectivity index (χ1) is 14.5. The average molecular weight is 443 g/mol. The number of carbonyl (C=O) groups excluding carboxylic acids is 2. The van der Waals surface area contributed by atoms with Crippen LogP contribution in [0.25, 0.3) is 5.82 Å². The van der Waals surface area contributed by atoms with Crippen LogP contribution in [0.2, 0.25) is 0 Å². The number of hydrogen-bond acceptors (Lipinski definition) is 7. The molecule has 1 aromatic carbocycles. The second-order valence-corrected chi connectivity index (χ2v) is 8.41. The lowest BCUT2D eigenvalue weighted by atomic mass is 10.2. The van der Waals surface area contributed by atoms with Gasteiger partial charge >= 0.3 is 5.97 Å². The molecule has 0 bridgehead atoms. The molecule has 10 nitrogen and oxygen atoms in total. The minimum Gasteiger partial charge on any atom is -0.449 e. The van der Waals surface area contributed by atoms with Gasteiger partial charge in [-0.25, -0.2) is 28.0 Å². The van der Waals surface area contributed by atoms with Crippen LogP contribution in [0.1, 0.15) is 28.7 Å². The molecule has 2 heterocycles. The molecule has 0 aliphatic carbocycles. The number of carbonyl (C=O) groups is 2. The van der Waals surface area contributed by atoms with E-state index < -0.39 is 28.0 Å². The Balaban J connectivity index is 1.62. The summed E-state index contributed by atoms with van der Waals surface area (Å²) in [4.78, 5) is 28.8. The van der Waals surface area contributed by atoms with Crippen molar-refractivity contribution in [1.82, 2.24) is 14.8 Å². The predicted octanol–water partition coefficient (Wildman–Crippen LogP) is 1.72. The number of nitrogens with two attached hydrogens (primary N) is 1. The molecule has 3 rings (SSSR count). The summed E-state index contributed by atoms with van der Waals surface area (Å²) in [5.74, 6) is -0.737. The van der Waals surface area contributed by atoms with Crippen LogP contribution in [0.5, 0.6) is 0 Å². The van der Waals surface area contributed by atoms with Gasteiger partial charge in [-0.15, -0.1) is 0 Å². The highest BCUT2D eigenvalue weighted by molar-refractivity contribution is 7.89. The van der Waals surface area contributed by atoms with E-state index >= 15 is 0 Å². The molecule has 0 aliphatic rings. The quantitative estimate of drug-likeness (QED) is 0.551. The number of esters is 1. The highest BCUT2D eigenvalue weighted by atomic mass is 32.2. The van der Waals surface area contributed by atoms with Gasteiger partial charge in [-0.05, 0) is 63.2 Å². The van der Waals surface area contributed by atoms with Crippen molar-refractivity contribution in [3.05, 3.63) is 65.6 Å². The molecule has 0 aliphatic heterocycles. The van der Waals surface area contributed by atoms with Crippen molar-refractivity contribution in [2.45, 2.75) is 31.8 Å². The third-order valence-electron chi connectivity index (χ3n) is 4.31. The fourth-order valence-corrected chi connectivity index (χ4v) is 3.26. The summed E-state index contributed by atoms with van der Waals surface area (Å²) in [7, 11) is -3.83. The Bertz CT molecular complexity index is 1220. The molecule has 0 saturated heterocycles. The van der Waals surface area contributed by atoms with Gasteiger partial charge in [-0.3, -0.25) is 4.79 Å². The van der Waals surface area contributed by atoms with Gasteiger partial charge in [0.15, 0.2) is 11.9 Å². The van der Waals surface area contributed by atoms with Crippen molar-refractivity contribution < 1.29 is 22.7 Å². The first-order valence-electron chi connectivity index (χ1n) is 9.19. The molecule has 3 aromatic rings. The molecule has 1 atom stereocenters. The van der Waals surface area contributed by atoms with Gasteiger partial charge in [0.1, 0.15) is 0 Å². The topological polar surface area (TPSA) is 146 Å². The number of rotatable bonds is 6. The summed E-state index contributed by atoms with van der Waals surface area (Å²) in [6.07, 6.45) is 0.256. The third kappa shape index (κ3) is 5.32. The number of amides is 1. The van der Waals surface area contributed by atoms with Gasteiger partial charge in [-0.2, -0.15) is 5.10 Å². The average Bonchev–Trinajstić information content (AvgIpc) is 3.05. The van der Waals surface area contributed by atoms with Crippen LogP contribution in [0.4, 0.5) is 5.69 Å². The fraction of sp³-hybridized carbons (Fsp3) is 0.200. The van der Waals surface area contributed by atoms with Crippen LogP contribution < -0.4 is 10.5 Å². The highest BCUT2D eigenvalue weighted by Crippen LogP contribution is 2.14. The SMILES string of the molecule is Cc1cc(C)n(-c2ccc(C(=O)OC(C)C(=O)Nc3ccc(S(N)(=O)=O)cc3)cn2)n1. The molecule has 162 valence electrons. The first-order valence-corrected chi connectivity index (χ1v) is 10.7. The summed E-state index contributed by atoms with van der Waals surface area (Å²) >= 11 is 0. The van der Waals surface area contributed by atoms with Crippen LogP contribution in [-0.2, 0) is 19.6 Å². The lowest BCUT2D eigenvalue weighted by Gasteiger charge is -2.14. The van der Waals surface area contributed by atoms with Gasteiger partial charge in [-0.1, -0.05) is 0 Å². The predicted molar refractivity (Wildman–Crippen MR) is 112 cm³/mol. The number of primary sulfonamides is 1. The summed E-state index contributed by atoms with van der Waals surface area (Å²) in [5, 5.41) is 11.9. The molecule has 0 saturated carbocycles. The minimum absolute atomic E-state index is 0.0820. The van der Waals surface area contributed by atoms with E-state index in [-0.39, 0.29) is 10.5 Å². The maximum Gasteiger partial charge on any atom is 0.340 e. The maximum atomic E-state index is 12.3. The van der Waals surface area contributed by atoms with E-state index in [1.54, 1.807) is 10.7 Å². The number of pyridine rings is 1. The molecule has 31 heavy (non-hydrogen) atoms. The van der Waals surface area contributed by atoms with E-state index in [1.807, 2.05) is 19.9 Å². The zero-order valence-corrected chi connectivity index (χ0v) is 17.9. The van der Waals surface area contributed by atoms with Crippen molar-refractivity contribution in [3.8, 4) is 5.82 Å². The van der Waals surface area contributed by atoms with Crippen molar-refractivity contribution in [2.24, 2.45) is 5.14 Å². The van der Waals surface area contributed by atoms with Crippen molar-refractivity contribution in [2.75, 3.05) is 5.32 Å². The van der Waals surface area contributed by atoms with E-state index in [1.165, 1.54) is 43.5 Å². The molecule has 2 aromatic heterocycles. The summed E-state index contributed by atoms with van der Waals surface area (Å²) in [6.45, 7) is 5.19. The first kappa shape index (κ1) is 22.1. The van der Waals surface area contributed by atoms with E-state index in [9.17, 15) is 18.0 Å². The van der Waals surface area contributed by atoms with Gasteiger partial charge in [0.2, 0.25) is 10.0 Å². The number of aromatic nitrogens is 3. The number of nitrogens with one attached hydrogen (secondary N) is 1. The van der Waals surface area contributed by atoms with Gasteiger partial charge < -0.3 is 10.1 Å². The number of anilines is 1. The van der Waals surface area contributed by atoms with Crippen LogP contribution in [0, 0.1) is 13.8 Å². The number of nitrogens with zero attached hydrogens (tertiary/aromatic N) is 3. The van der Waals surface area contributed by atoms with Crippen LogP contribution in [0.3, 0.4) is 0 Å². The van der Waals surface area contributed by atoms with Gasteiger partial charge in [0.25, 0.3) is 5.91 Å². The number of hydrogen-bond donors (Lipinski definition) is 2. The lowest BCUT2D eigenvalue weighted by Crippen LogP contribution is -2.30. The van der Waals surface area contributed by atoms with Crippen molar-refractivity contribution >= 4 is 27.6 Å². The molecule has 1 amide bonds. The number of sulfonamides is 1. The second kappa shape index (κ2) is 8.66. The Labute approximate surface area is 179 Å². The van der Waals surface area contributed by atoms with Gasteiger partial charge in [0.05, 0.1) is 16.2 Å². The van der Waals surface area contributed by atoms with E-state index in [2.05, 4.69) is 15.4 Å². The number of benzene rings is 1. The fourth-order valence-electron chi connectivity index (χ4n) is 2.75. The minimum atomic E-state index is -3.83. The zero-order valence-electron chi connectivity index (χ0n) is 17.1. The lowest BCUT2D eigenvalue weighted by molar-refractivity contribution is -0.123. The second-order valence-electron chi connectivity index (χ2n) is 6.85. The molecule has 1 unspecified atom stereocenters. The molecule has 3 N–H and O–H groups in total. The number of ether oxygens (including phenoxy) is 1. The van der Waals surface area contributed by atoms with Crippen molar-refractivity contribution in [3.63, 3.8) is 0 Å². The third-order valence-corrected chi connectivity index (χ3v) is 5.24. The number of aryl methyl sites for hydroxylation is 2. The van der Waals surface area contributed by atoms with Crippen LogP contribution in [-0.4, -0.2) is 41.2 Å². The Hall–Kier alpha value is -3.57. The molecule has 11 heteroatoms. The largest absolute Gasteiger partial charge is 0.449 e. The molecular weight excluding hydrogens is 422 g/mol. The summed E-state index contributed by atoms with van der Waals surface area (Å²) in [5.41, 5.74) is 2.27. The Morgan fingerprint density at radius 2 is 1.81 bits per heavy atom. The standard InChI is InChI=1S/C20H21N5O5S/c1-12-10-13(2)25(24-12)18-9-4-15(11-22-18)20(27)30-14(3)19(26)23-16-5-7-17(8-6-16)31(21,28)29/h4-11,14H,1-3H3,(H,23,26)(H2,21,28,29). The highest BCUT2D eigenvalue weighted by Gasteiger charge is 2.20. The summed E-state index contributed by atoms with van der Waals surface area (Å²) in [6, 6.07) is 10.4. The van der Waals surface area contributed by atoms with Crippen molar-refractivity contribution in [1.29, 1.82) is 0 Å². The molecule has 0 radical (unpaired) electrons. The van der Waals surface area contributed by atoms with E-state index in [0.717, 1.165) is 11.4 Å². The Kier molecular flexibility index (Phi) is 6.18. The molecule has 0 fully saturated rings. The molecular formula is C20H21N5O5S. The van der Waals surface area contributed by atoms with Crippen LogP contribution >= 0.6 is 0 Å².